The summed E-state index contributed by atoms with van der Waals surface area (Å²) in [6.07, 6.45) is 2.50. The smallest absolute Gasteiger partial charge is 0.0627 e. The average Bonchev–Trinajstić information content (AvgIpc) is 2.00. The molecule has 12 heavy (non-hydrogen) atoms. The van der Waals surface area contributed by atoms with Crippen molar-refractivity contribution in [2.24, 2.45) is 0 Å². The number of hydrogen-bond donors (Lipinski definition) is 1. The fraction of sp³-hybridized carbons (Fsp3) is 1.00. The Morgan fingerprint density at radius 1 is 1.42 bits per heavy atom. The fourth-order valence-corrected chi connectivity index (χ4v) is 1.03. The molecule has 0 aromatic rings. The molecule has 1 atom stereocenters. The van der Waals surface area contributed by atoms with Crippen molar-refractivity contribution in [3.05, 3.63) is 0 Å². The summed E-state index contributed by atoms with van der Waals surface area (Å²) in [5.41, 5.74) is 0.0349. The SMILES string of the molecule is CCC(C)(C)OC(C)CCNC. The van der Waals surface area contributed by atoms with Gasteiger partial charge in [-0.25, -0.2) is 0 Å². The molecule has 1 N–H and O–H groups in total. The van der Waals surface area contributed by atoms with Crippen molar-refractivity contribution >= 4 is 0 Å². The van der Waals surface area contributed by atoms with Gasteiger partial charge in [-0.2, -0.15) is 0 Å². The van der Waals surface area contributed by atoms with Crippen LogP contribution in [0.5, 0.6) is 0 Å². The highest BCUT2D eigenvalue weighted by molar-refractivity contribution is 4.68. The molecule has 0 amide bonds. The van der Waals surface area contributed by atoms with Gasteiger partial charge in [0.2, 0.25) is 0 Å². The number of rotatable bonds is 6. The van der Waals surface area contributed by atoms with Crippen molar-refractivity contribution in [2.75, 3.05) is 13.6 Å². The van der Waals surface area contributed by atoms with Crippen molar-refractivity contribution in [3.8, 4) is 0 Å². The Balaban J connectivity index is 3.60. The summed E-state index contributed by atoms with van der Waals surface area (Å²) in [7, 11) is 1.97. The van der Waals surface area contributed by atoms with Crippen LogP contribution in [0.1, 0.15) is 40.5 Å². The zero-order valence-corrected chi connectivity index (χ0v) is 9.11. The molecule has 0 aromatic heterocycles. The van der Waals surface area contributed by atoms with Crippen LogP contribution in [0.4, 0.5) is 0 Å². The molecule has 2 heteroatoms. The molecule has 0 aliphatic heterocycles. The Kier molecular flexibility index (Phi) is 5.51. The van der Waals surface area contributed by atoms with Gasteiger partial charge in [0.15, 0.2) is 0 Å². The molecule has 1 unspecified atom stereocenters. The third kappa shape index (κ3) is 5.56. The molecule has 0 saturated carbocycles. The molecule has 0 radical (unpaired) electrons. The minimum absolute atomic E-state index is 0.0349. The van der Waals surface area contributed by atoms with Crippen LogP contribution in [0.2, 0.25) is 0 Å². The van der Waals surface area contributed by atoms with E-state index >= 15 is 0 Å². The van der Waals surface area contributed by atoms with Crippen LogP contribution in [0.25, 0.3) is 0 Å². The lowest BCUT2D eigenvalue weighted by Crippen LogP contribution is -2.30. The Labute approximate surface area is 76.7 Å². The third-order valence-corrected chi connectivity index (χ3v) is 2.17. The number of hydrogen-bond acceptors (Lipinski definition) is 2. The standard InChI is InChI=1S/C10H23NO/c1-6-10(3,4)12-9(2)7-8-11-5/h9,11H,6-8H2,1-5H3. The molecule has 0 aliphatic carbocycles. The molecule has 0 saturated heterocycles. The molecule has 0 bridgehead atoms. The second-order valence-corrected chi connectivity index (χ2v) is 3.93. The van der Waals surface area contributed by atoms with Gasteiger partial charge in [0.25, 0.3) is 0 Å². The highest BCUT2D eigenvalue weighted by Gasteiger charge is 2.18. The van der Waals surface area contributed by atoms with Crippen LogP contribution < -0.4 is 5.32 Å². The van der Waals surface area contributed by atoms with Gasteiger partial charge in [-0.1, -0.05) is 6.92 Å². The van der Waals surface area contributed by atoms with Crippen LogP contribution in [0.3, 0.4) is 0 Å². The third-order valence-electron chi connectivity index (χ3n) is 2.17. The van der Waals surface area contributed by atoms with E-state index in [1.807, 2.05) is 7.05 Å². The van der Waals surface area contributed by atoms with E-state index in [1.54, 1.807) is 0 Å². The molecule has 0 heterocycles. The van der Waals surface area contributed by atoms with Crippen LogP contribution in [-0.4, -0.2) is 25.3 Å². The van der Waals surface area contributed by atoms with Gasteiger partial charge >= 0.3 is 0 Å². The van der Waals surface area contributed by atoms with Crippen LogP contribution in [0, 0.1) is 0 Å². The van der Waals surface area contributed by atoms with Gasteiger partial charge in [0, 0.05) is 0 Å². The van der Waals surface area contributed by atoms with E-state index in [9.17, 15) is 0 Å². The normalized spacial score (nSPS) is 14.8. The number of nitrogens with one attached hydrogen (secondary N) is 1. The van der Waals surface area contributed by atoms with E-state index in [4.69, 9.17) is 4.74 Å². The number of ether oxygens (including phenoxy) is 1. The first-order valence-corrected chi connectivity index (χ1v) is 4.84. The maximum atomic E-state index is 5.85. The predicted octanol–water partition coefficient (Wildman–Crippen LogP) is 2.19. The van der Waals surface area contributed by atoms with E-state index in [0.717, 1.165) is 19.4 Å². The van der Waals surface area contributed by atoms with E-state index in [2.05, 4.69) is 33.0 Å². The quantitative estimate of drug-likeness (QED) is 0.665. The Morgan fingerprint density at radius 2 is 2.00 bits per heavy atom. The maximum absolute atomic E-state index is 5.85. The van der Waals surface area contributed by atoms with Crippen molar-refractivity contribution in [1.29, 1.82) is 0 Å². The molecular formula is C10H23NO. The first-order chi connectivity index (χ1) is 5.52. The monoisotopic (exact) mass is 173 g/mol. The topological polar surface area (TPSA) is 21.3 Å². The summed E-state index contributed by atoms with van der Waals surface area (Å²) >= 11 is 0. The predicted molar refractivity (Wildman–Crippen MR) is 53.5 cm³/mol. The van der Waals surface area contributed by atoms with Crippen LogP contribution in [0.15, 0.2) is 0 Å². The molecule has 0 rings (SSSR count). The first-order valence-electron chi connectivity index (χ1n) is 4.84. The van der Waals surface area contributed by atoms with Crippen molar-refractivity contribution in [2.45, 2.75) is 52.2 Å². The maximum Gasteiger partial charge on any atom is 0.0627 e. The van der Waals surface area contributed by atoms with Crippen molar-refractivity contribution in [3.63, 3.8) is 0 Å². The van der Waals surface area contributed by atoms with Crippen molar-refractivity contribution < 1.29 is 4.74 Å². The molecule has 0 spiro atoms. The second kappa shape index (κ2) is 5.55. The van der Waals surface area contributed by atoms with Gasteiger partial charge in [0.05, 0.1) is 11.7 Å². The lowest BCUT2D eigenvalue weighted by atomic mass is 10.1. The molecular weight excluding hydrogens is 150 g/mol. The van der Waals surface area contributed by atoms with Gasteiger partial charge in [0.1, 0.15) is 0 Å². The average molecular weight is 173 g/mol. The minimum atomic E-state index is 0.0349. The van der Waals surface area contributed by atoms with E-state index in [1.165, 1.54) is 0 Å². The Hall–Kier alpha value is -0.0800. The largest absolute Gasteiger partial charge is 0.373 e. The fourth-order valence-electron chi connectivity index (χ4n) is 1.03. The van der Waals surface area contributed by atoms with Crippen molar-refractivity contribution in [1.82, 2.24) is 5.32 Å². The molecule has 0 aliphatic rings. The van der Waals surface area contributed by atoms with E-state index < -0.39 is 0 Å². The highest BCUT2D eigenvalue weighted by atomic mass is 16.5. The van der Waals surface area contributed by atoms with E-state index in [0.29, 0.717) is 6.10 Å². The minimum Gasteiger partial charge on any atom is -0.373 e. The van der Waals surface area contributed by atoms with Gasteiger partial charge in [-0.05, 0) is 47.2 Å². The summed E-state index contributed by atoms with van der Waals surface area (Å²) in [6, 6.07) is 0. The summed E-state index contributed by atoms with van der Waals surface area (Å²) in [6.45, 7) is 9.60. The van der Waals surface area contributed by atoms with Gasteiger partial charge < -0.3 is 10.1 Å². The summed E-state index contributed by atoms with van der Waals surface area (Å²) in [4.78, 5) is 0. The van der Waals surface area contributed by atoms with E-state index in [-0.39, 0.29) is 5.60 Å². The Morgan fingerprint density at radius 3 is 2.42 bits per heavy atom. The molecule has 74 valence electrons. The summed E-state index contributed by atoms with van der Waals surface area (Å²) in [5.74, 6) is 0. The zero-order chi connectivity index (χ0) is 9.61. The lowest BCUT2D eigenvalue weighted by Gasteiger charge is -2.28. The molecule has 0 fully saturated rings. The summed E-state index contributed by atoms with van der Waals surface area (Å²) < 4.78 is 5.85. The molecule has 2 nitrogen and oxygen atoms in total. The highest BCUT2D eigenvalue weighted by Crippen LogP contribution is 2.17. The van der Waals surface area contributed by atoms with Crippen LogP contribution in [-0.2, 0) is 4.74 Å². The van der Waals surface area contributed by atoms with Gasteiger partial charge in [-0.3, -0.25) is 0 Å². The molecule has 0 aromatic carbocycles. The second-order valence-electron chi connectivity index (χ2n) is 3.93. The van der Waals surface area contributed by atoms with Crippen LogP contribution >= 0.6 is 0 Å². The zero-order valence-electron chi connectivity index (χ0n) is 9.11. The van der Waals surface area contributed by atoms with Gasteiger partial charge in [-0.15, -0.1) is 0 Å². The Bertz CT molecular complexity index is 112. The lowest BCUT2D eigenvalue weighted by molar-refractivity contribution is -0.0676. The first kappa shape index (κ1) is 11.9. The summed E-state index contributed by atoms with van der Waals surface area (Å²) in [5, 5.41) is 3.12.